The van der Waals surface area contributed by atoms with Gasteiger partial charge in [0.2, 0.25) is 0 Å². The summed E-state index contributed by atoms with van der Waals surface area (Å²) in [6.07, 6.45) is 0. The van der Waals surface area contributed by atoms with Crippen molar-refractivity contribution in [1.82, 2.24) is 4.90 Å². The van der Waals surface area contributed by atoms with Crippen molar-refractivity contribution in [2.24, 2.45) is 0 Å². The van der Waals surface area contributed by atoms with Crippen LogP contribution < -0.4 is 0 Å². The number of halogens is 3. The molecular weight excluding hydrogens is 261 g/mol. The Kier molecular flexibility index (Phi) is 5.57. The molecule has 0 bridgehead atoms. The van der Waals surface area contributed by atoms with E-state index in [1.807, 2.05) is 19.2 Å². The van der Waals surface area contributed by atoms with Crippen molar-refractivity contribution in [3.8, 4) is 0 Å². The molecule has 0 fully saturated rings. The number of hydrogen-bond acceptors (Lipinski definition) is 2. The number of rotatable bonds is 5. The summed E-state index contributed by atoms with van der Waals surface area (Å²) in [5.74, 6) is 1.17. The smallest absolute Gasteiger partial charge is 0.0931 e. The Bertz CT molecular complexity index is 277. The normalized spacial score (nSPS) is 13.5. The first-order valence-corrected chi connectivity index (χ1v) is 6.52. The Balaban J connectivity index is 2.71. The third-order valence-corrected chi connectivity index (χ3v) is 3.83. The second-order valence-corrected chi connectivity index (χ2v) is 5.41. The van der Waals surface area contributed by atoms with E-state index in [-0.39, 0.29) is 6.04 Å². The highest BCUT2D eigenvalue weighted by Crippen LogP contribution is 2.30. The standard InChI is InChI=1S/C9H12Cl3NS/c1-13(5-4-10)7(6-11)8-2-3-9(12)14-8/h2-3,7H,4-6H2,1H3. The maximum atomic E-state index is 5.92. The highest BCUT2D eigenvalue weighted by molar-refractivity contribution is 7.16. The Labute approximate surface area is 104 Å². The second-order valence-electron chi connectivity index (χ2n) is 2.98. The summed E-state index contributed by atoms with van der Waals surface area (Å²) in [7, 11) is 2.02. The lowest BCUT2D eigenvalue weighted by Gasteiger charge is -2.24. The number of nitrogens with zero attached hydrogens (tertiary/aromatic N) is 1. The van der Waals surface area contributed by atoms with Gasteiger partial charge >= 0.3 is 0 Å². The van der Waals surface area contributed by atoms with Crippen LogP contribution in [0.2, 0.25) is 4.34 Å². The topological polar surface area (TPSA) is 3.24 Å². The zero-order valence-electron chi connectivity index (χ0n) is 7.84. The molecule has 0 aliphatic rings. The van der Waals surface area contributed by atoms with Crippen molar-refractivity contribution in [3.05, 3.63) is 21.3 Å². The highest BCUT2D eigenvalue weighted by Gasteiger charge is 2.17. The van der Waals surface area contributed by atoms with Crippen LogP contribution in [0.25, 0.3) is 0 Å². The molecule has 0 aromatic carbocycles. The molecule has 1 atom stereocenters. The SMILES string of the molecule is CN(CCCl)C(CCl)c1ccc(Cl)s1. The lowest BCUT2D eigenvalue weighted by molar-refractivity contribution is 0.284. The fourth-order valence-corrected chi connectivity index (χ4v) is 3.19. The van der Waals surface area contributed by atoms with E-state index in [0.717, 1.165) is 10.9 Å². The molecule has 0 saturated carbocycles. The van der Waals surface area contributed by atoms with E-state index in [0.29, 0.717) is 11.8 Å². The summed E-state index contributed by atoms with van der Waals surface area (Å²) in [5.41, 5.74) is 0. The maximum Gasteiger partial charge on any atom is 0.0931 e. The average molecular weight is 273 g/mol. The monoisotopic (exact) mass is 271 g/mol. The van der Waals surface area contributed by atoms with Crippen LogP contribution in [-0.4, -0.2) is 30.3 Å². The minimum Gasteiger partial charge on any atom is -0.296 e. The van der Waals surface area contributed by atoms with Crippen LogP contribution in [0.15, 0.2) is 12.1 Å². The minimum atomic E-state index is 0.216. The molecule has 1 aromatic rings. The van der Waals surface area contributed by atoms with Gasteiger partial charge in [-0.15, -0.1) is 34.5 Å². The quantitative estimate of drug-likeness (QED) is 0.736. The minimum absolute atomic E-state index is 0.216. The average Bonchev–Trinajstić information content (AvgIpc) is 2.54. The molecule has 1 heterocycles. The third-order valence-electron chi connectivity index (χ3n) is 2.04. The molecular formula is C9H12Cl3NS. The van der Waals surface area contributed by atoms with Gasteiger partial charge in [0.05, 0.1) is 10.4 Å². The lowest BCUT2D eigenvalue weighted by Crippen LogP contribution is -2.27. The van der Waals surface area contributed by atoms with Crippen molar-refractivity contribution in [2.75, 3.05) is 25.4 Å². The van der Waals surface area contributed by atoms with Gasteiger partial charge in [0.1, 0.15) is 0 Å². The van der Waals surface area contributed by atoms with E-state index in [9.17, 15) is 0 Å². The van der Waals surface area contributed by atoms with Crippen molar-refractivity contribution in [1.29, 1.82) is 0 Å². The Morgan fingerprint density at radius 3 is 2.57 bits per heavy atom. The predicted octanol–water partition coefficient (Wildman–Crippen LogP) is 3.85. The van der Waals surface area contributed by atoms with E-state index in [1.165, 1.54) is 4.88 Å². The van der Waals surface area contributed by atoms with Crippen LogP contribution in [0.1, 0.15) is 10.9 Å². The summed E-state index contributed by atoms with van der Waals surface area (Å²) in [6.45, 7) is 0.828. The van der Waals surface area contributed by atoms with Crippen LogP contribution in [0.3, 0.4) is 0 Å². The van der Waals surface area contributed by atoms with E-state index >= 15 is 0 Å². The summed E-state index contributed by atoms with van der Waals surface area (Å²) in [6, 6.07) is 4.13. The number of alkyl halides is 2. The van der Waals surface area contributed by atoms with Crippen molar-refractivity contribution >= 4 is 46.1 Å². The fraction of sp³-hybridized carbons (Fsp3) is 0.556. The largest absolute Gasteiger partial charge is 0.296 e. The van der Waals surface area contributed by atoms with Gasteiger partial charge in [0.25, 0.3) is 0 Å². The molecule has 0 radical (unpaired) electrons. The Morgan fingerprint density at radius 2 is 2.14 bits per heavy atom. The molecule has 0 amide bonds. The van der Waals surface area contributed by atoms with Crippen molar-refractivity contribution in [2.45, 2.75) is 6.04 Å². The first-order valence-electron chi connectivity index (χ1n) is 4.26. The molecule has 0 aliphatic heterocycles. The molecule has 0 spiro atoms. The molecule has 1 rings (SSSR count). The first kappa shape index (κ1) is 12.6. The zero-order valence-corrected chi connectivity index (χ0v) is 10.9. The molecule has 80 valence electrons. The molecule has 0 aliphatic carbocycles. The highest BCUT2D eigenvalue weighted by atomic mass is 35.5. The van der Waals surface area contributed by atoms with Gasteiger partial charge < -0.3 is 0 Å². The molecule has 1 aromatic heterocycles. The van der Waals surface area contributed by atoms with Crippen molar-refractivity contribution < 1.29 is 0 Å². The van der Waals surface area contributed by atoms with E-state index < -0.39 is 0 Å². The van der Waals surface area contributed by atoms with Gasteiger partial charge in [-0.25, -0.2) is 0 Å². The van der Waals surface area contributed by atoms with Crippen LogP contribution in [-0.2, 0) is 0 Å². The zero-order chi connectivity index (χ0) is 10.6. The summed E-state index contributed by atoms with van der Waals surface area (Å²) >= 11 is 19.0. The Hall–Kier alpha value is 0.530. The molecule has 14 heavy (non-hydrogen) atoms. The van der Waals surface area contributed by atoms with Crippen molar-refractivity contribution in [3.63, 3.8) is 0 Å². The molecule has 5 heteroatoms. The predicted molar refractivity (Wildman–Crippen MR) is 66.1 cm³/mol. The van der Waals surface area contributed by atoms with Gasteiger partial charge in [-0.05, 0) is 19.2 Å². The molecule has 1 nitrogen and oxygen atoms in total. The maximum absolute atomic E-state index is 5.92. The van der Waals surface area contributed by atoms with Crippen LogP contribution in [0.5, 0.6) is 0 Å². The van der Waals surface area contributed by atoms with Crippen LogP contribution >= 0.6 is 46.1 Å². The van der Waals surface area contributed by atoms with Gasteiger partial charge in [0.15, 0.2) is 0 Å². The fourth-order valence-electron chi connectivity index (χ4n) is 1.21. The molecule has 1 unspecified atom stereocenters. The summed E-state index contributed by atoms with van der Waals surface area (Å²) in [4.78, 5) is 3.33. The van der Waals surface area contributed by atoms with E-state index in [2.05, 4.69) is 4.90 Å². The summed E-state index contributed by atoms with van der Waals surface area (Å²) < 4.78 is 0.800. The lowest BCUT2D eigenvalue weighted by atomic mass is 10.2. The first-order chi connectivity index (χ1) is 6.69. The third kappa shape index (κ3) is 3.28. The molecule has 0 saturated heterocycles. The van der Waals surface area contributed by atoms with Gasteiger partial charge in [-0.3, -0.25) is 4.90 Å². The van der Waals surface area contributed by atoms with E-state index in [1.54, 1.807) is 11.3 Å². The Morgan fingerprint density at radius 1 is 1.43 bits per heavy atom. The van der Waals surface area contributed by atoms with Gasteiger partial charge in [-0.2, -0.15) is 0 Å². The molecule has 0 N–H and O–H groups in total. The second kappa shape index (κ2) is 6.19. The van der Waals surface area contributed by atoms with Crippen LogP contribution in [0.4, 0.5) is 0 Å². The van der Waals surface area contributed by atoms with E-state index in [4.69, 9.17) is 34.8 Å². The summed E-state index contributed by atoms with van der Waals surface area (Å²) in [5, 5.41) is 0. The number of thiophene rings is 1. The number of hydrogen-bond donors (Lipinski definition) is 0. The van der Waals surface area contributed by atoms with Gasteiger partial charge in [-0.1, -0.05) is 11.6 Å². The van der Waals surface area contributed by atoms with Gasteiger partial charge in [0, 0.05) is 23.2 Å². The van der Waals surface area contributed by atoms with Crippen LogP contribution in [0, 0.1) is 0 Å².